The summed E-state index contributed by atoms with van der Waals surface area (Å²) in [7, 11) is 0. The van der Waals surface area contributed by atoms with Gasteiger partial charge < -0.3 is 15.1 Å². The molecule has 0 radical (unpaired) electrons. The summed E-state index contributed by atoms with van der Waals surface area (Å²) in [5.41, 5.74) is 2.93. The number of rotatable bonds is 4. The maximum absolute atomic E-state index is 12.4. The van der Waals surface area contributed by atoms with Crippen molar-refractivity contribution in [2.75, 3.05) is 39.3 Å². The molecule has 1 aliphatic heterocycles. The molecule has 1 saturated carbocycles. The van der Waals surface area contributed by atoms with E-state index in [1.807, 2.05) is 4.90 Å². The number of aryl methyl sites for hydroxylation is 1. The minimum Gasteiger partial charge on any atom is -0.337 e. The van der Waals surface area contributed by atoms with Crippen LogP contribution in [0.3, 0.4) is 0 Å². The topological polar surface area (TPSA) is 35.6 Å². The van der Waals surface area contributed by atoms with Crippen LogP contribution in [0.2, 0.25) is 0 Å². The molecule has 3 rings (SSSR count). The van der Waals surface area contributed by atoms with Crippen LogP contribution in [0.15, 0.2) is 24.3 Å². The molecule has 0 atom stereocenters. The molecule has 1 saturated heterocycles. The summed E-state index contributed by atoms with van der Waals surface area (Å²) in [6, 6.07) is 8.68. The van der Waals surface area contributed by atoms with Crippen molar-refractivity contribution in [3.63, 3.8) is 0 Å². The number of amides is 2. The van der Waals surface area contributed by atoms with E-state index in [1.165, 1.54) is 24.0 Å². The van der Waals surface area contributed by atoms with Gasteiger partial charge in [0, 0.05) is 38.1 Å². The summed E-state index contributed by atoms with van der Waals surface area (Å²) in [5, 5.41) is 3.18. The normalized spacial score (nSPS) is 20.7. The Morgan fingerprint density at radius 1 is 1.18 bits per heavy atom. The summed E-state index contributed by atoms with van der Waals surface area (Å²) in [5.74, 6) is 0. The number of nitrogens with one attached hydrogen (secondary N) is 1. The Kier molecular flexibility index (Phi) is 4.39. The monoisotopic (exact) mass is 301 g/mol. The highest BCUT2D eigenvalue weighted by atomic mass is 16.2. The SMILES string of the molecule is CCN1CCN(C(=O)NCC2(c3ccccc3C)CC2)CC1. The molecule has 1 N–H and O–H groups in total. The molecule has 22 heavy (non-hydrogen) atoms. The van der Waals surface area contributed by atoms with Gasteiger partial charge in [0.15, 0.2) is 0 Å². The summed E-state index contributed by atoms with van der Waals surface area (Å²) in [4.78, 5) is 16.7. The van der Waals surface area contributed by atoms with Crippen molar-refractivity contribution in [1.29, 1.82) is 0 Å². The zero-order valence-corrected chi connectivity index (χ0v) is 13.8. The molecule has 2 aliphatic rings. The van der Waals surface area contributed by atoms with Crippen LogP contribution in [0.1, 0.15) is 30.9 Å². The lowest BCUT2D eigenvalue weighted by atomic mass is 9.92. The Morgan fingerprint density at radius 3 is 2.45 bits per heavy atom. The fourth-order valence-electron chi connectivity index (χ4n) is 3.48. The van der Waals surface area contributed by atoms with Crippen molar-refractivity contribution >= 4 is 6.03 Å². The van der Waals surface area contributed by atoms with Crippen LogP contribution in [0.4, 0.5) is 4.79 Å². The minimum atomic E-state index is 0.107. The largest absolute Gasteiger partial charge is 0.337 e. The lowest BCUT2D eigenvalue weighted by Gasteiger charge is -2.34. The average Bonchev–Trinajstić information content (AvgIpc) is 3.34. The molecule has 0 aromatic heterocycles. The quantitative estimate of drug-likeness (QED) is 0.927. The van der Waals surface area contributed by atoms with E-state index in [0.29, 0.717) is 0 Å². The minimum absolute atomic E-state index is 0.107. The molecule has 0 unspecified atom stereocenters. The second-order valence-electron chi connectivity index (χ2n) is 6.68. The molecule has 1 aromatic rings. The Bertz CT molecular complexity index is 531. The van der Waals surface area contributed by atoms with Crippen LogP contribution >= 0.6 is 0 Å². The maximum Gasteiger partial charge on any atom is 0.317 e. The van der Waals surface area contributed by atoms with E-state index < -0.39 is 0 Å². The smallest absolute Gasteiger partial charge is 0.317 e. The summed E-state index contributed by atoms with van der Waals surface area (Å²) < 4.78 is 0. The van der Waals surface area contributed by atoms with E-state index in [1.54, 1.807) is 0 Å². The number of likely N-dealkylation sites (N-methyl/N-ethyl adjacent to an activating group) is 1. The molecule has 1 heterocycles. The van der Waals surface area contributed by atoms with Gasteiger partial charge in [-0.25, -0.2) is 4.79 Å². The van der Waals surface area contributed by atoms with Crippen molar-refractivity contribution in [2.45, 2.75) is 32.1 Å². The van der Waals surface area contributed by atoms with Crippen molar-refractivity contribution in [3.8, 4) is 0 Å². The van der Waals surface area contributed by atoms with Gasteiger partial charge in [0.2, 0.25) is 0 Å². The van der Waals surface area contributed by atoms with Crippen LogP contribution in [0.5, 0.6) is 0 Å². The van der Waals surface area contributed by atoms with Gasteiger partial charge in [-0.1, -0.05) is 31.2 Å². The number of hydrogen-bond acceptors (Lipinski definition) is 2. The number of urea groups is 1. The first-order valence-electron chi connectivity index (χ1n) is 8.46. The highest BCUT2D eigenvalue weighted by molar-refractivity contribution is 5.74. The Labute approximate surface area is 133 Å². The molecule has 4 nitrogen and oxygen atoms in total. The predicted octanol–water partition coefficient (Wildman–Crippen LogP) is 2.37. The van der Waals surface area contributed by atoms with Gasteiger partial charge in [0.25, 0.3) is 0 Å². The van der Waals surface area contributed by atoms with E-state index in [0.717, 1.165) is 39.3 Å². The number of hydrogen-bond donors (Lipinski definition) is 1. The van der Waals surface area contributed by atoms with Gasteiger partial charge in [-0.15, -0.1) is 0 Å². The van der Waals surface area contributed by atoms with Gasteiger partial charge >= 0.3 is 6.03 Å². The third-order valence-electron chi connectivity index (χ3n) is 5.25. The van der Waals surface area contributed by atoms with E-state index in [-0.39, 0.29) is 11.4 Å². The number of carbonyl (C=O) groups excluding carboxylic acids is 1. The second kappa shape index (κ2) is 6.29. The summed E-state index contributed by atoms with van der Waals surface area (Å²) in [6.07, 6.45) is 2.36. The summed E-state index contributed by atoms with van der Waals surface area (Å²) >= 11 is 0. The molecular weight excluding hydrogens is 274 g/mol. The van der Waals surface area contributed by atoms with Crippen LogP contribution in [0.25, 0.3) is 0 Å². The summed E-state index contributed by atoms with van der Waals surface area (Å²) in [6.45, 7) is 9.86. The number of piperazine rings is 1. The molecule has 2 fully saturated rings. The van der Waals surface area contributed by atoms with E-state index in [9.17, 15) is 4.79 Å². The molecule has 120 valence electrons. The van der Waals surface area contributed by atoms with Gasteiger partial charge in [0.1, 0.15) is 0 Å². The highest BCUT2D eigenvalue weighted by Gasteiger charge is 2.45. The lowest BCUT2D eigenvalue weighted by Crippen LogP contribution is -2.52. The zero-order valence-electron chi connectivity index (χ0n) is 13.8. The van der Waals surface area contributed by atoms with Crippen molar-refractivity contribution in [3.05, 3.63) is 35.4 Å². The van der Waals surface area contributed by atoms with Crippen LogP contribution < -0.4 is 5.32 Å². The third-order valence-corrected chi connectivity index (χ3v) is 5.25. The van der Waals surface area contributed by atoms with Gasteiger partial charge in [-0.05, 0) is 37.4 Å². The first kappa shape index (κ1) is 15.3. The van der Waals surface area contributed by atoms with E-state index in [2.05, 4.69) is 48.3 Å². The third kappa shape index (κ3) is 3.12. The Morgan fingerprint density at radius 2 is 1.86 bits per heavy atom. The number of carbonyl (C=O) groups is 1. The molecule has 1 aromatic carbocycles. The predicted molar refractivity (Wildman–Crippen MR) is 89.2 cm³/mol. The standard InChI is InChI=1S/C18H27N3O/c1-3-20-10-12-21(13-11-20)17(22)19-14-18(8-9-18)16-7-5-4-6-15(16)2/h4-7H,3,8-14H2,1-2H3,(H,19,22). The molecule has 0 bridgehead atoms. The van der Waals surface area contributed by atoms with Crippen molar-refractivity contribution in [1.82, 2.24) is 15.1 Å². The van der Waals surface area contributed by atoms with Gasteiger partial charge in [-0.3, -0.25) is 0 Å². The molecule has 4 heteroatoms. The zero-order chi connectivity index (χ0) is 15.6. The lowest BCUT2D eigenvalue weighted by molar-refractivity contribution is 0.142. The molecule has 2 amide bonds. The Balaban J connectivity index is 1.54. The first-order valence-corrected chi connectivity index (χ1v) is 8.46. The van der Waals surface area contributed by atoms with E-state index >= 15 is 0 Å². The van der Waals surface area contributed by atoms with Gasteiger partial charge in [0.05, 0.1) is 0 Å². The van der Waals surface area contributed by atoms with E-state index in [4.69, 9.17) is 0 Å². The maximum atomic E-state index is 12.4. The number of nitrogens with zero attached hydrogens (tertiary/aromatic N) is 2. The van der Waals surface area contributed by atoms with Crippen LogP contribution in [-0.2, 0) is 5.41 Å². The van der Waals surface area contributed by atoms with Crippen LogP contribution in [-0.4, -0.2) is 55.1 Å². The molecule has 0 spiro atoms. The van der Waals surface area contributed by atoms with Crippen LogP contribution in [0, 0.1) is 6.92 Å². The first-order chi connectivity index (χ1) is 10.6. The Hall–Kier alpha value is -1.55. The highest BCUT2D eigenvalue weighted by Crippen LogP contribution is 2.48. The molecule has 1 aliphatic carbocycles. The average molecular weight is 301 g/mol. The van der Waals surface area contributed by atoms with Crippen molar-refractivity contribution < 1.29 is 4.79 Å². The number of benzene rings is 1. The second-order valence-corrected chi connectivity index (χ2v) is 6.68. The van der Waals surface area contributed by atoms with Crippen molar-refractivity contribution in [2.24, 2.45) is 0 Å². The fourth-order valence-corrected chi connectivity index (χ4v) is 3.48. The fraction of sp³-hybridized carbons (Fsp3) is 0.611. The van der Waals surface area contributed by atoms with Gasteiger partial charge in [-0.2, -0.15) is 0 Å². The molecular formula is C18H27N3O.